The maximum Gasteiger partial charge on any atom is 0.344 e. The third-order valence-electron chi connectivity index (χ3n) is 4.92. The Morgan fingerprint density at radius 3 is 2.84 bits per heavy atom. The quantitative estimate of drug-likeness (QED) is 0.379. The first-order valence-electron chi connectivity index (χ1n) is 9.53. The highest BCUT2D eigenvalue weighted by atomic mass is 16.5. The molecule has 10 nitrogen and oxygen atoms in total. The summed E-state index contributed by atoms with van der Waals surface area (Å²) in [4.78, 5) is 32.6. The number of aliphatic hydroxyl groups excluding tert-OH is 3. The number of rotatable bonds is 5. The van der Waals surface area contributed by atoms with Crippen molar-refractivity contribution in [3.8, 4) is 5.75 Å². The Bertz CT molecular complexity index is 1230. The third kappa shape index (κ3) is 3.78. The van der Waals surface area contributed by atoms with Gasteiger partial charge < -0.3 is 34.9 Å². The number of nitrogens with one attached hydrogen (secondary N) is 1. The number of aromatic amines is 1. The molecule has 2 atom stereocenters. The van der Waals surface area contributed by atoms with Crippen molar-refractivity contribution in [1.82, 2.24) is 9.97 Å². The number of benzene rings is 1. The lowest BCUT2D eigenvalue weighted by Crippen LogP contribution is -2.24. The number of pyridine rings is 1. The summed E-state index contributed by atoms with van der Waals surface area (Å²) in [6, 6.07) is 5.80. The molecule has 1 aromatic carbocycles. The number of aromatic hydroxyl groups is 1. The predicted octanol–water partition coefficient (Wildman–Crippen LogP) is 1.54. The van der Waals surface area contributed by atoms with Crippen molar-refractivity contribution in [2.75, 3.05) is 13.2 Å². The van der Waals surface area contributed by atoms with Gasteiger partial charge in [-0.3, -0.25) is 0 Å². The van der Waals surface area contributed by atoms with Gasteiger partial charge in [0.1, 0.15) is 41.5 Å². The smallest absolute Gasteiger partial charge is 0.344 e. The molecular formula is C21H20N2O8. The average Bonchev–Trinajstić information content (AvgIpc) is 3.07. The number of carbonyl (C=O) groups is 2. The number of fused-ring (bicyclic) bond motifs is 3. The molecule has 3 heterocycles. The maximum atomic E-state index is 12.8. The Hall–Kier alpha value is -3.63. The molecule has 0 radical (unpaired) electrons. The van der Waals surface area contributed by atoms with Crippen LogP contribution in [0.5, 0.6) is 5.75 Å². The number of cyclic esters (lactones) is 1. The normalized spacial score (nSPS) is 17.8. The van der Waals surface area contributed by atoms with Crippen LogP contribution in [0.3, 0.4) is 0 Å². The standard InChI is InChI=1S/C21H20N2O8/c1-9-4-16(27)18(21(29)31-9)15-6-13(20(28)30-8-11(26)7-24)17-12-3-2-10(25)5-14(12)22-19(17)23-15/h2-3,5-6,9,11,24-27H,4,7-8H2,1H3,(H,22,23)/t9?,11-/m0/s1. The number of aromatic nitrogens is 2. The molecule has 0 saturated carbocycles. The summed E-state index contributed by atoms with van der Waals surface area (Å²) in [5.41, 5.74) is 0.577. The van der Waals surface area contributed by atoms with Crippen LogP contribution in [0.2, 0.25) is 0 Å². The summed E-state index contributed by atoms with van der Waals surface area (Å²) < 4.78 is 10.3. The molecule has 2 aromatic heterocycles. The minimum absolute atomic E-state index is 0.000303. The Morgan fingerprint density at radius 1 is 1.35 bits per heavy atom. The third-order valence-corrected chi connectivity index (χ3v) is 4.92. The summed E-state index contributed by atoms with van der Waals surface area (Å²) in [5, 5.41) is 39.5. The van der Waals surface area contributed by atoms with Crippen LogP contribution in [-0.4, -0.2) is 67.8 Å². The van der Waals surface area contributed by atoms with Crippen molar-refractivity contribution >= 4 is 39.4 Å². The monoisotopic (exact) mass is 428 g/mol. The number of nitrogens with zero attached hydrogens (tertiary/aromatic N) is 1. The first kappa shape index (κ1) is 20.6. The molecule has 31 heavy (non-hydrogen) atoms. The van der Waals surface area contributed by atoms with E-state index in [1.807, 2.05) is 0 Å². The van der Waals surface area contributed by atoms with Crippen molar-refractivity contribution in [3.05, 3.63) is 41.3 Å². The number of hydrogen-bond donors (Lipinski definition) is 5. The maximum absolute atomic E-state index is 12.8. The zero-order valence-corrected chi connectivity index (χ0v) is 16.5. The molecule has 0 saturated heterocycles. The van der Waals surface area contributed by atoms with Crippen molar-refractivity contribution in [2.24, 2.45) is 0 Å². The molecule has 0 fully saturated rings. The van der Waals surface area contributed by atoms with Crippen LogP contribution in [-0.2, 0) is 14.3 Å². The summed E-state index contributed by atoms with van der Waals surface area (Å²) in [5.74, 6) is -1.81. The van der Waals surface area contributed by atoms with Crippen LogP contribution in [0.25, 0.3) is 27.5 Å². The molecule has 4 rings (SSSR count). The Kier molecular flexibility index (Phi) is 5.25. The molecule has 162 valence electrons. The summed E-state index contributed by atoms with van der Waals surface area (Å²) >= 11 is 0. The number of esters is 2. The SMILES string of the molecule is CC1CC(O)=C(c2cc(C(=O)OC[C@@H](O)CO)c3c(n2)[nH]c2cc(O)ccc23)C(=O)O1. The van der Waals surface area contributed by atoms with E-state index in [4.69, 9.17) is 14.6 Å². The number of ether oxygens (including phenoxy) is 2. The largest absolute Gasteiger partial charge is 0.511 e. The first-order chi connectivity index (χ1) is 14.8. The van der Waals surface area contributed by atoms with E-state index in [2.05, 4.69) is 9.97 Å². The van der Waals surface area contributed by atoms with E-state index in [0.717, 1.165) is 0 Å². The number of phenolic OH excluding ortho intramolecular Hbond substituents is 1. The van der Waals surface area contributed by atoms with Gasteiger partial charge in [0.05, 0.1) is 23.4 Å². The van der Waals surface area contributed by atoms with E-state index in [9.17, 15) is 24.9 Å². The van der Waals surface area contributed by atoms with Crippen molar-refractivity contribution in [2.45, 2.75) is 25.6 Å². The molecule has 10 heteroatoms. The van der Waals surface area contributed by atoms with Crippen LogP contribution >= 0.6 is 0 Å². The number of H-pyrrole nitrogens is 1. The molecule has 0 aliphatic carbocycles. The number of aliphatic hydroxyl groups is 3. The average molecular weight is 428 g/mol. The summed E-state index contributed by atoms with van der Waals surface area (Å²) in [6.07, 6.45) is -1.65. The lowest BCUT2D eigenvalue weighted by molar-refractivity contribution is -0.142. The van der Waals surface area contributed by atoms with Gasteiger partial charge in [-0.05, 0) is 25.1 Å². The van der Waals surface area contributed by atoms with E-state index in [-0.39, 0.29) is 40.4 Å². The summed E-state index contributed by atoms with van der Waals surface area (Å²) in [6.45, 7) is 0.619. The highest BCUT2D eigenvalue weighted by molar-refractivity contribution is 6.20. The minimum Gasteiger partial charge on any atom is -0.511 e. The second-order valence-corrected chi connectivity index (χ2v) is 7.31. The van der Waals surface area contributed by atoms with Gasteiger partial charge in [-0.15, -0.1) is 0 Å². The van der Waals surface area contributed by atoms with Crippen LogP contribution in [0.4, 0.5) is 0 Å². The highest BCUT2D eigenvalue weighted by Crippen LogP contribution is 2.34. The van der Waals surface area contributed by atoms with Gasteiger partial charge in [0.2, 0.25) is 0 Å². The van der Waals surface area contributed by atoms with Crippen molar-refractivity contribution in [3.63, 3.8) is 0 Å². The minimum atomic E-state index is -1.25. The molecule has 1 aliphatic rings. The van der Waals surface area contributed by atoms with E-state index in [1.165, 1.54) is 18.2 Å². The van der Waals surface area contributed by atoms with Crippen LogP contribution < -0.4 is 0 Å². The molecule has 0 bridgehead atoms. The van der Waals surface area contributed by atoms with E-state index < -0.39 is 37.4 Å². The fourth-order valence-electron chi connectivity index (χ4n) is 3.51. The summed E-state index contributed by atoms with van der Waals surface area (Å²) in [7, 11) is 0. The molecular weight excluding hydrogens is 408 g/mol. The van der Waals surface area contributed by atoms with Crippen LogP contribution in [0.15, 0.2) is 30.0 Å². The first-order valence-corrected chi connectivity index (χ1v) is 9.53. The Labute approximate surface area is 175 Å². The second-order valence-electron chi connectivity index (χ2n) is 7.31. The fourth-order valence-corrected chi connectivity index (χ4v) is 3.51. The highest BCUT2D eigenvalue weighted by Gasteiger charge is 2.30. The van der Waals surface area contributed by atoms with Gasteiger partial charge in [0.15, 0.2) is 0 Å². The van der Waals surface area contributed by atoms with Gasteiger partial charge in [0.25, 0.3) is 0 Å². The van der Waals surface area contributed by atoms with E-state index in [0.29, 0.717) is 16.3 Å². The van der Waals surface area contributed by atoms with Crippen LogP contribution in [0.1, 0.15) is 29.4 Å². The molecule has 5 N–H and O–H groups in total. The molecule has 0 amide bonds. The second kappa shape index (κ2) is 7.89. The number of phenols is 1. The van der Waals surface area contributed by atoms with Crippen molar-refractivity contribution < 1.29 is 39.5 Å². The zero-order chi connectivity index (χ0) is 22.3. The van der Waals surface area contributed by atoms with Gasteiger partial charge in [-0.1, -0.05) is 0 Å². The van der Waals surface area contributed by atoms with Gasteiger partial charge >= 0.3 is 11.9 Å². The topological polar surface area (TPSA) is 162 Å². The van der Waals surface area contributed by atoms with Gasteiger partial charge in [0, 0.05) is 23.3 Å². The fraction of sp³-hybridized carbons (Fsp3) is 0.286. The molecule has 1 unspecified atom stereocenters. The number of carbonyl (C=O) groups excluding carboxylic acids is 2. The molecule has 1 aliphatic heterocycles. The van der Waals surface area contributed by atoms with E-state index >= 15 is 0 Å². The van der Waals surface area contributed by atoms with Crippen molar-refractivity contribution in [1.29, 1.82) is 0 Å². The van der Waals surface area contributed by atoms with Crippen LogP contribution in [0, 0.1) is 0 Å². The molecule has 3 aromatic rings. The van der Waals surface area contributed by atoms with Gasteiger partial charge in [-0.2, -0.15) is 0 Å². The van der Waals surface area contributed by atoms with E-state index in [1.54, 1.807) is 13.0 Å². The molecule has 0 spiro atoms. The zero-order valence-electron chi connectivity index (χ0n) is 16.5. The Morgan fingerprint density at radius 2 is 2.13 bits per heavy atom. The predicted molar refractivity (Wildman–Crippen MR) is 108 cm³/mol. The Balaban J connectivity index is 1.92. The van der Waals surface area contributed by atoms with Gasteiger partial charge in [-0.25, -0.2) is 14.6 Å². The lowest BCUT2D eigenvalue weighted by atomic mass is 10.0. The lowest BCUT2D eigenvalue weighted by Gasteiger charge is -2.21. The number of hydrogen-bond acceptors (Lipinski definition) is 9.